The Morgan fingerprint density at radius 3 is 2.39 bits per heavy atom. The van der Waals surface area contributed by atoms with Gasteiger partial charge in [0.15, 0.2) is 0 Å². The lowest BCUT2D eigenvalue weighted by molar-refractivity contribution is -0.131. The molecule has 2 fully saturated rings. The fourth-order valence-electron chi connectivity index (χ4n) is 9.59. The maximum atomic E-state index is 16.1. The zero-order valence-corrected chi connectivity index (χ0v) is 40.8. The molecule has 4 aromatic carbocycles. The van der Waals surface area contributed by atoms with E-state index in [-0.39, 0.29) is 87.3 Å². The number of carbonyl (C=O) groups excluding carboxylic acids is 7. The first-order valence-electron chi connectivity index (χ1n) is 23.0. The number of hydrogen-bond acceptors (Lipinski definition) is 11. The van der Waals surface area contributed by atoms with Gasteiger partial charge in [0, 0.05) is 41.1 Å². The van der Waals surface area contributed by atoms with Crippen LogP contribution in [0.15, 0.2) is 72.8 Å². The van der Waals surface area contributed by atoms with Gasteiger partial charge in [-0.1, -0.05) is 68.2 Å². The summed E-state index contributed by atoms with van der Waals surface area (Å²) < 4.78 is 37.8. The van der Waals surface area contributed by atoms with Gasteiger partial charge in [-0.15, -0.1) is 0 Å². The molecule has 3 aliphatic rings. The molecule has 16 nitrogen and oxygen atoms in total. The molecule has 0 saturated carbocycles. The lowest BCUT2D eigenvalue weighted by Gasteiger charge is -2.37. The maximum absolute atomic E-state index is 16.1. The molecule has 2 saturated heterocycles. The smallest absolute Gasteiger partial charge is 0.264 e. The van der Waals surface area contributed by atoms with Crippen molar-refractivity contribution in [1.29, 1.82) is 5.26 Å². The van der Waals surface area contributed by atoms with E-state index in [1.807, 2.05) is 20.8 Å². The van der Waals surface area contributed by atoms with Gasteiger partial charge in [-0.3, -0.25) is 43.8 Å². The van der Waals surface area contributed by atoms with E-state index in [1.54, 1.807) is 0 Å². The lowest BCUT2D eigenvalue weighted by atomic mass is 9.62. The Morgan fingerprint density at radius 1 is 0.930 bits per heavy atom. The van der Waals surface area contributed by atoms with Gasteiger partial charge in [0.05, 0.1) is 53.3 Å². The topological polar surface area (TPSA) is 228 Å². The molecule has 7 amide bonds. The van der Waals surface area contributed by atoms with Crippen LogP contribution in [0.25, 0.3) is 0 Å². The van der Waals surface area contributed by atoms with Crippen LogP contribution in [0.2, 0.25) is 10.0 Å². The third-order valence-corrected chi connectivity index (χ3v) is 13.3. The number of fused-ring (bicyclic) bond motifs is 1. The van der Waals surface area contributed by atoms with Crippen molar-refractivity contribution in [2.75, 3.05) is 37.4 Å². The molecule has 7 rings (SSSR count). The molecule has 1 unspecified atom stereocenters. The highest BCUT2D eigenvalue weighted by Crippen LogP contribution is 2.53. The van der Waals surface area contributed by atoms with E-state index >= 15 is 8.78 Å². The van der Waals surface area contributed by atoms with Crippen LogP contribution in [0.4, 0.5) is 20.2 Å². The van der Waals surface area contributed by atoms with Crippen LogP contribution in [0, 0.1) is 28.4 Å². The summed E-state index contributed by atoms with van der Waals surface area (Å²) in [6, 6.07) is 16.0. The Morgan fingerprint density at radius 2 is 1.68 bits per heavy atom. The number of unbranched alkanes of at least 4 members (excludes halogenated alkanes) is 1. The fourth-order valence-corrected chi connectivity index (χ4v) is 9.93. The van der Waals surface area contributed by atoms with Crippen molar-refractivity contribution in [1.82, 2.24) is 26.2 Å². The van der Waals surface area contributed by atoms with E-state index in [0.29, 0.717) is 25.8 Å². The van der Waals surface area contributed by atoms with E-state index < -0.39 is 87.9 Å². The van der Waals surface area contributed by atoms with E-state index in [1.165, 1.54) is 73.8 Å². The van der Waals surface area contributed by atoms with Gasteiger partial charge in [0.1, 0.15) is 28.8 Å². The Bertz CT molecular complexity index is 2850. The van der Waals surface area contributed by atoms with Crippen molar-refractivity contribution in [3.8, 4) is 11.8 Å². The summed E-state index contributed by atoms with van der Waals surface area (Å²) in [6.45, 7) is 6.32. The Kier molecular flexibility index (Phi) is 15.9. The highest BCUT2D eigenvalue weighted by Gasteiger charge is 2.61. The average molecular weight is 1010 g/mol. The van der Waals surface area contributed by atoms with Gasteiger partial charge >= 0.3 is 0 Å². The highest BCUT2D eigenvalue weighted by molar-refractivity contribution is 6.31. The highest BCUT2D eigenvalue weighted by atomic mass is 35.5. The largest absolute Gasteiger partial charge is 0.495 e. The van der Waals surface area contributed by atoms with Crippen LogP contribution in [0.1, 0.15) is 107 Å². The van der Waals surface area contributed by atoms with Gasteiger partial charge in [-0.05, 0) is 98.2 Å². The minimum Gasteiger partial charge on any atom is -0.495 e. The van der Waals surface area contributed by atoms with Crippen LogP contribution in [-0.2, 0) is 24.6 Å². The zero-order valence-electron chi connectivity index (χ0n) is 39.3. The molecule has 3 aliphatic heterocycles. The molecule has 0 aliphatic carbocycles. The number of carbonyl (C=O) groups is 7. The van der Waals surface area contributed by atoms with Gasteiger partial charge in [-0.2, -0.15) is 5.26 Å². The molecule has 5 atom stereocenters. The fraction of sp³-hybridized carbons (Fsp3) is 0.373. The predicted molar refractivity (Wildman–Crippen MR) is 260 cm³/mol. The zero-order chi connectivity index (χ0) is 51.4. The van der Waals surface area contributed by atoms with Gasteiger partial charge in [0.25, 0.3) is 17.7 Å². The summed E-state index contributed by atoms with van der Waals surface area (Å²) in [5.41, 5.74) is -1.94. The summed E-state index contributed by atoms with van der Waals surface area (Å²) >= 11 is 12.4. The van der Waals surface area contributed by atoms with Crippen LogP contribution in [-0.4, -0.2) is 91.1 Å². The first-order chi connectivity index (χ1) is 33.8. The van der Waals surface area contributed by atoms with E-state index in [0.717, 1.165) is 11.0 Å². The van der Waals surface area contributed by atoms with Crippen molar-refractivity contribution in [2.45, 2.75) is 88.8 Å². The number of hydrogen-bond donors (Lipinski definition) is 6. The SMILES string of the molecule is COc1cc(C(=O)NCCCCNCC(=O)Nc2cccc3c2C(=O)N(C2CCCC(=O)NC2=O)C3=O)ccc1NC(=O)[C@@H]1N[C@@H](CC(C)(C)C)[C@](C#N)(c2ccc(Cl)cc2F)[C@H]1c1cccc(Cl)c1F. The summed E-state index contributed by atoms with van der Waals surface area (Å²) in [7, 11) is 1.35. The molecule has 372 valence electrons. The Labute approximate surface area is 418 Å². The van der Waals surface area contributed by atoms with Crippen molar-refractivity contribution in [3.63, 3.8) is 0 Å². The van der Waals surface area contributed by atoms with E-state index in [2.05, 4.69) is 38.0 Å². The third kappa shape index (κ3) is 10.9. The number of anilines is 2. The molecule has 0 bridgehead atoms. The molecule has 20 heteroatoms. The average Bonchev–Trinajstić information content (AvgIpc) is 3.70. The summed E-state index contributed by atoms with van der Waals surface area (Å²) in [5, 5.41) is 27.8. The monoisotopic (exact) mass is 1010 g/mol. The van der Waals surface area contributed by atoms with Gasteiger partial charge in [0.2, 0.25) is 23.6 Å². The number of amides is 7. The normalized spacial score (nSPS) is 21.0. The second-order valence-electron chi connectivity index (χ2n) is 18.8. The molecule has 71 heavy (non-hydrogen) atoms. The quantitative estimate of drug-likeness (QED) is 0.0507. The number of halogens is 4. The number of imide groups is 2. The van der Waals surface area contributed by atoms with Crippen molar-refractivity contribution in [3.05, 3.63) is 122 Å². The number of methoxy groups -OCH3 is 1. The number of benzene rings is 4. The standard InChI is InChI=1S/C51H52Cl2F2N8O8/c1-50(2,3)24-38-51(26-56,31-18-17-28(52)23-33(31)54)42(30-11-7-12-32(53)43(30)55)44(61-38)47(68)60-34-19-16-27(22-37(34)71-4)45(66)58-21-6-5-20-57-25-40(65)59-35-13-8-10-29-41(35)49(70)63(48(29)69)36-14-9-15-39(64)62-46(36)67/h7-8,10-13,16-19,22-23,36,38,42,44,57,61H,5-6,9,14-15,20-21,24-25H2,1-4H3,(H,58,66)(H,59,65)(H,60,68)(H,62,64,67)/t36?,38-,42-,44+,51-/m0/s1. The molecule has 6 N–H and O–H groups in total. The summed E-state index contributed by atoms with van der Waals surface area (Å²) in [4.78, 5) is 92.7. The van der Waals surface area contributed by atoms with Crippen molar-refractivity contribution >= 4 is 75.9 Å². The lowest BCUT2D eigenvalue weighted by Crippen LogP contribution is -2.49. The first-order valence-corrected chi connectivity index (χ1v) is 23.7. The summed E-state index contributed by atoms with van der Waals surface area (Å²) in [6.07, 6.45) is 1.88. The van der Waals surface area contributed by atoms with Crippen LogP contribution in [0.5, 0.6) is 5.75 Å². The van der Waals surface area contributed by atoms with Crippen molar-refractivity contribution < 1.29 is 47.1 Å². The summed E-state index contributed by atoms with van der Waals surface area (Å²) in [5.74, 6) is -7.10. The minimum atomic E-state index is -1.84. The second kappa shape index (κ2) is 21.7. The number of nitrogens with one attached hydrogen (secondary N) is 6. The Hall–Kier alpha value is -6.78. The number of rotatable bonds is 16. The number of nitrogens with zero attached hydrogens (tertiary/aromatic N) is 2. The van der Waals surface area contributed by atoms with Gasteiger partial charge in [-0.25, -0.2) is 8.78 Å². The Balaban J connectivity index is 0.951. The molecule has 0 spiro atoms. The molecule has 0 radical (unpaired) electrons. The van der Waals surface area contributed by atoms with Crippen LogP contribution in [0.3, 0.4) is 0 Å². The molecular formula is C51H52Cl2F2N8O8. The van der Waals surface area contributed by atoms with E-state index in [4.69, 9.17) is 27.9 Å². The van der Waals surface area contributed by atoms with Crippen LogP contribution >= 0.6 is 23.2 Å². The number of ether oxygens (including phenoxy) is 1. The van der Waals surface area contributed by atoms with Gasteiger partial charge < -0.3 is 31.3 Å². The van der Waals surface area contributed by atoms with E-state index in [9.17, 15) is 38.8 Å². The van der Waals surface area contributed by atoms with Crippen molar-refractivity contribution in [2.24, 2.45) is 5.41 Å². The minimum absolute atomic E-state index is 0.0359. The first kappa shape index (κ1) is 52.1. The van der Waals surface area contributed by atoms with Crippen LogP contribution < -0.4 is 36.6 Å². The second-order valence-corrected chi connectivity index (χ2v) is 19.7. The molecule has 0 aromatic heterocycles. The maximum Gasteiger partial charge on any atom is 0.264 e. The number of nitriles is 1. The predicted octanol–water partition coefficient (Wildman–Crippen LogP) is 6.77. The molecule has 3 heterocycles. The molecular weight excluding hydrogens is 962 g/mol. The molecule has 4 aromatic rings. The third-order valence-electron chi connectivity index (χ3n) is 12.8.